The van der Waals surface area contributed by atoms with Crippen molar-refractivity contribution in [3.8, 4) is 28.7 Å². The van der Waals surface area contributed by atoms with E-state index < -0.39 is 0 Å². The summed E-state index contributed by atoms with van der Waals surface area (Å²) in [5.74, 6) is 2.18. The van der Waals surface area contributed by atoms with E-state index in [1.807, 2.05) is 42.5 Å². The van der Waals surface area contributed by atoms with Crippen molar-refractivity contribution in [1.29, 1.82) is 0 Å². The maximum atomic E-state index is 6.50. The minimum atomic E-state index is 0.610. The Bertz CT molecular complexity index is 3190. The molecule has 0 unspecified atom stereocenters. The maximum absolute atomic E-state index is 6.50. The molecule has 12 rings (SSSR count). The molecule has 4 aromatic heterocycles. The highest BCUT2D eigenvalue weighted by Gasteiger charge is 2.27. The van der Waals surface area contributed by atoms with Crippen LogP contribution >= 0.6 is 0 Å². The van der Waals surface area contributed by atoms with Crippen LogP contribution in [0, 0.1) is 0 Å². The summed E-state index contributed by atoms with van der Waals surface area (Å²) in [5, 5.41) is 7.82. The second kappa shape index (κ2) is 9.49. The van der Waals surface area contributed by atoms with Crippen molar-refractivity contribution in [2.75, 3.05) is 0 Å². The van der Waals surface area contributed by atoms with Gasteiger partial charge in [-0.1, -0.05) is 78.9 Å². The zero-order chi connectivity index (χ0) is 32.5. The lowest BCUT2D eigenvalue weighted by Crippen LogP contribution is -2.07. The first-order valence-electron chi connectivity index (χ1n) is 17.1. The number of para-hydroxylation sites is 3. The topological polar surface area (TPSA) is 58.0 Å². The predicted octanol–water partition coefficient (Wildman–Crippen LogP) is 11.7. The second-order valence-electron chi connectivity index (χ2n) is 13.3. The number of hydrogen-bond donors (Lipinski definition) is 0. The van der Waals surface area contributed by atoms with Crippen LogP contribution in [-0.2, 0) is 0 Å². The maximum Gasteiger partial charge on any atom is 0.235 e. The third-order valence-corrected chi connectivity index (χ3v) is 10.6. The minimum absolute atomic E-state index is 0.610. The summed E-state index contributed by atoms with van der Waals surface area (Å²) in [4.78, 5) is 10.8. The summed E-state index contributed by atoms with van der Waals surface area (Å²) in [6.07, 6.45) is 8.64. The number of ether oxygens (including phenoxy) is 1. The average molecular weight is 643 g/mol. The van der Waals surface area contributed by atoms with E-state index in [1.165, 1.54) is 22.0 Å². The van der Waals surface area contributed by atoms with Crippen molar-refractivity contribution in [3.63, 3.8) is 0 Å². The fourth-order valence-electron chi connectivity index (χ4n) is 8.44. The normalized spacial score (nSPS) is 14.0. The molecule has 6 nitrogen and oxygen atoms in total. The first-order chi connectivity index (χ1) is 24.8. The largest absolute Gasteiger partial charge is 0.456 e. The molecular weight excluding hydrogens is 617 g/mol. The zero-order valence-electron chi connectivity index (χ0n) is 26.7. The SMILES string of the molecule is C1=CCCC(n2c3ccccc3c3ccc4c5cc6c(cc5n(-c5nc7c8c(cccc8n5)Oc5ccccc5-7)c4c32)oc2ccccc26)=C1. The highest BCUT2D eigenvalue weighted by molar-refractivity contribution is 6.26. The summed E-state index contributed by atoms with van der Waals surface area (Å²) >= 11 is 0. The molecular formula is C44H26N4O2. The summed E-state index contributed by atoms with van der Waals surface area (Å²) in [5.41, 5.74) is 10.1. The number of aromatic nitrogens is 4. The molecule has 6 heteroatoms. The van der Waals surface area contributed by atoms with Gasteiger partial charge in [0.15, 0.2) is 0 Å². The van der Waals surface area contributed by atoms with Crippen LogP contribution < -0.4 is 4.74 Å². The van der Waals surface area contributed by atoms with E-state index in [0.717, 1.165) is 95.8 Å². The van der Waals surface area contributed by atoms with Crippen LogP contribution in [0.25, 0.3) is 99.4 Å². The minimum Gasteiger partial charge on any atom is -0.456 e. The third-order valence-electron chi connectivity index (χ3n) is 10.6. The van der Waals surface area contributed by atoms with E-state index in [0.29, 0.717) is 5.95 Å². The molecule has 0 bridgehead atoms. The average Bonchev–Trinajstić information content (AvgIpc) is 3.81. The summed E-state index contributed by atoms with van der Waals surface area (Å²) in [6.45, 7) is 0. The van der Waals surface area contributed by atoms with Crippen LogP contribution in [0.2, 0.25) is 0 Å². The molecule has 0 radical (unpaired) electrons. The molecule has 0 saturated carbocycles. The molecule has 5 heterocycles. The summed E-state index contributed by atoms with van der Waals surface area (Å²) in [6, 6.07) is 40.3. The first kappa shape index (κ1) is 26.3. The summed E-state index contributed by atoms with van der Waals surface area (Å²) < 4.78 is 17.6. The molecule has 1 aliphatic heterocycles. The number of benzene rings is 6. The Kier molecular flexibility index (Phi) is 4.99. The highest BCUT2D eigenvalue weighted by Crippen LogP contribution is 2.47. The smallest absolute Gasteiger partial charge is 0.235 e. The number of allylic oxidation sites excluding steroid dienone is 4. The molecule has 50 heavy (non-hydrogen) atoms. The summed E-state index contributed by atoms with van der Waals surface area (Å²) in [7, 11) is 0. The lowest BCUT2D eigenvalue weighted by molar-refractivity contribution is 0.486. The monoisotopic (exact) mass is 642 g/mol. The van der Waals surface area contributed by atoms with Crippen molar-refractivity contribution in [1.82, 2.24) is 19.1 Å². The third kappa shape index (κ3) is 3.37. The highest BCUT2D eigenvalue weighted by atomic mass is 16.5. The van der Waals surface area contributed by atoms with Gasteiger partial charge < -0.3 is 13.7 Å². The molecule has 2 aliphatic rings. The number of fused-ring (bicyclic) bond motifs is 12. The van der Waals surface area contributed by atoms with E-state index in [1.54, 1.807) is 0 Å². The Morgan fingerprint density at radius 3 is 2.30 bits per heavy atom. The van der Waals surface area contributed by atoms with Crippen LogP contribution in [0.4, 0.5) is 0 Å². The molecule has 10 aromatic rings. The van der Waals surface area contributed by atoms with Crippen molar-refractivity contribution < 1.29 is 9.15 Å². The Balaban J connectivity index is 1.31. The van der Waals surface area contributed by atoms with Gasteiger partial charge in [-0.3, -0.25) is 4.57 Å². The number of hydrogen-bond acceptors (Lipinski definition) is 4. The van der Waals surface area contributed by atoms with Gasteiger partial charge in [-0.25, -0.2) is 9.97 Å². The Morgan fingerprint density at radius 2 is 1.38 bits per heavy atom. The quantitative estimate of drug-likeness (QED) is 0.188. The number of rotatable bonds is 2. The van der Waals surface area contributed by atoms with Gasteiger partial charge in [0.1, 0.15) is 22.7 Å². The van der Waals surface area contributed by atoms with E-state index >= 15 is 0 Å². The van der Waals surface area contributed by atoms with Gasteiger partial charge in [0.05, 0.1) is 38.7 Å². The van der Waals surface area contributed by atoms with Crippen LogP contribution in [0.15, 0.2) is 138 Å². The fraction of sp³-hybridized carbons (Fsp3) is 0.0455. The van der Waals surface area contributed by atoms with Crippen molar-refractivity contribution in [2.24, 2.45) is 0 Å². The number of furan rings is 1. The van der Waals surface area contributed by atoms with Gasteiger partial charge in [-0.05, 0) is 61.4 Å². The molecule has 0 spiro atoms. The molecule has 1 aliphatic carbocycles. The van der Waals surface area contributed by atoms with Gasteiger partial charge in [0.25, 0.3) is 0 Å². The molecule has 0 fully saturated rings. The van der Waals surface area contributed by atoms with Crippen molar-refractivity contribution >= 4 is 82.2 Å². The van der Waals surface area contributed by atoms with Crippen molar-refractivity contribution in [2.45, 2.75) is 12.8 Å². The molecule has 0 saturated heterocycles. The van der Waals surface area contributed by atoms with Gasteiger partial charge in [-0.2, -0.15) is 0 Å². The zero-order valence-corrected chi connectivity index (χ0v) is 26.7. The standard InChI is InChI=1S/C44H26N4O2/c1-2-11-25(12-3-1)47-34-17-7-4-13-26(34)28-21-22-29-31-23-32-27-14-5-8-18-36(27)50-39(32)24-35(31)48(43(29)42(28)47)44-45-33-16-10-20-38-40(33)41(46-44)30-15-6-9-19-37(30)49-38/h1-2,4-11,13-24H,3,12H2. The van der Waals surface area contributed by atoms with E-state index in [4.69, 9.17) is 19.1 Å². The van der Waals surface area contributed by atoms with Crippen LogP contribution in [0.1, 0.15) is 12.8 Å². The molecule has 0 N–H and O–H groups in total. The van der Waals surface area contributed by atoms with Gasteiger partial charge in [0.2, 0.25) is 5.95 Å². The van der Waals surface area contributed by atoms with Gasteiger partial charge in [0, 0.05) is 49.6 Å². The predicted molar refractivity (Wildman–Crippen MR) is 202 cm³/mol. The van der Waals surface area contributed by atoms with Gasteiger partial charge >= 0.3 is 0 Å². The second-order valence-corrected chi connectivity index (χ2v) is 13.3. The first-order valence-corrected chi connectivity index (χ1v) is 17.1. The van der Waals surface area contributed by atoms with E-state index in [2.05, 4.69) is 100 Å². The van der Waals surface area contributed by atoms with E-state index in [9.17, 15) is 0 Å². The molecule has 6 aromatic carbocycles. The van der Waals surface area contributed by atoms with E-state index in [-0.39, 0.29) is 0 Å². The van der Waals surface area contributed by atoms with Crippen LogP contribution in [0.5, 0.6) is 11.5 Å². The Morgan fingerprint density at radius 1 is 0.580 bits per heavy atom. The Hall–Kier alpha value is -6.66. The van der Waals surface area contributed by atoms with Crippen molar-refractivity contribution in [3.05, 3.63) is 133 Å². The molecule has 0 atom stereocenters. The lowest BCUT2D eigenvalue weighted by atomic mass is 10.0. The molecule has 234 valence electrons. The van der Waals surface area contributed by atoms with Crippen LogP contribution in [0.3, 0.4) is 0 Å². The van der Waals surface area contributed by atoms with Crippen LogP contribution in [-0.4, -0.2) is 19.1 Å². The fourth-order valence-corrected chi connectivity index (χ4v) is 8.44. The number of nitrogens with zero attached hydrogens (tertiary/aromatic N) is 4. The lowest BCUT2D eigenvalue weighted by Gasteiger charge is -2.21. The van der Waals surface area contributed by atoms with Gasteiger partial charge in [-0.15, -0.1) is 0 Å². The Labute approximate surface area is 284 Å². The molecule has 0 amide bonds.